The Bertz CT molecular complexity index is 997. The highest BCUT2D eigenvalue weighted by Crippen LogP contribution is 2.27. The summed E-state index contributed by atoms with van der Waals surface area (Å²) in [6.07, 6.45) is 11.3. The minimum absolute atomic E-state index is 0.110. The van der Waals surface area contributed by atoms with Crippen LogP contribution in [0.5, 0.6) is 0 Å². The Hall–Kier alpha value is -3.03. The molecule has 0 atom stereocenters. The molecular weight excluding hydrogens is 395 g/mol. The molecule has 1 aliphatic carbocycles. The quantitative estimate of drug-likeness (QED) is 0.541. The van der Waals surface area contributed by atoms with Gasteiger partial charge in [-0.1, -0.05) is 44.2 Å². The van der Waals surface area contributed by atoms with E-state index in [2.05, 4.69) is 25.7 Å². The number of rotatable bonds is 9. The van der Waals surface area contributed by atoms with Crippen LogP contribution in [0, 0.1) is 11.7 Å². The molecule has 2 N–H and O–H groups in total. The molecule has 1 saturated carbocycles. The van der Waals surface area contributed by atoms with Crippen LogP contribution in [0.4, 0.5) is 10.2 Å². The summed E-state index contributed by atoms with van der Waals surface area (Å²) in [5.41, 5.74) is 1.67. The second-order valence-electron chi connectivity index (χ2n) is 8.20. The van der Waals surface area contributed by atoms with E-state index in [0.717, 1.165) is 17.4 Å². The average molecular weight is 425 g/mol. The fraction of sp³-hybridized carbons (Fsp3) is 0.478. The molecule has 0 radical (unpaired) electrons. The first-order chi connectivity index (χ1) is 15.2. The smallest absolute Gasteiger partial charge is 0.220 e. The summed E-state index contributed by atoms with van der Waals surface area (Å²) < 4.78 is 14.8. The fourth-order valence-corrected chi connectivity index (χ4v) is 4.19. The predicted octanol–water partition coefficient (Wildman–Crippen LogP) is 4.05. The molecule has 7 nitrogen and oxygen atoms in total. The van der Waals surface area contributed by atoms with Gasteiger partial charge < -0.3 is 10.6 Å². The van der Waals surface area contributed by atoms with Gasteiger partial charge in [0.25, 0.3) is 0 Å². The number of fused-ring (bicyclic) bond motifs is 1. The lowest BCUT2D eigenvalue weighted by molar-refractivity contribution is -0.121. The van der Waals surface area contributed by atoms with Crippen molar-refractivity contribution in [2.75, 3.05) is 11.9 Å². The summed E-state index contributed by atoms with van der Waals surface area (Å²) >= 11 is 0. The average Bonchev–Trinajstić information content (AvgIpc) is 3.22. The van der Waals surface area contributed by atoms with E-state index in [9.17, 15) is 9.18 Å². The number of hydrogen-bond acceptors (Lipinski definition) is 5. The Morgan fingerprint density at radius 3 is 2.74 bits per heavy atom. The van der Waals surface area contributed by atoms with Crippen LogP contribution < -0.4 is 10.6 Å². The summed E-state index contributed by atoms with van der Waals surface area (Å²) in [5.74, 6) is 1.25. The van der Waals surface area contributed by atoms with Gasteiger partial charge in [0, 0.05) is 19.5 Å². The number of carbonyl (C=O) groups excluding carboxylic acids is 1. The van der Waals surface area contributed by atoms with Crippen molar-refractivity contribution in [1.29, 1.82) is 0 Å². The number of amides is 1. The van der Waals surface area contributed by atoms with Crippen LogP contribution in [0.1, 0.15) is 50.5 Å². The molecule has 1 amide bonds. The molecular formula is C23H29FN6O. The topological polar surface area (TPSA) is 84.7 Å². The first-order valence-electron chi connectivity index (χ1n) is 11.1. The van der Waals surface area contributed by atoms with E-state index in [1.807, 2.05) is 0 Å². The summed E-state index contributed by atoms with van der Waals surface area (Å²) in [6.45, 7) is 1.59. The van der Waals surface area contributed by atoms with Gasteiger partial charge in [-0.25, -0.2) is 19.0 Å². The molecule has 0 saturated heterocycles. The molecule has 0 bridgehead atoms. The summed E-state index contributed by atoms with van der Waals surface area (Å²) in [6, 6.07) is 6.35. The van der Waals surface area contributed by atoms with Gasteiger partial charge in [0.15, 0.2) is 5.65 Å². The molecule has 1 aromatic carbocycles. The molecule has 2 heterocycles. The van der Waals surface area contributed by atoms with E-state index < -0.39 is 0 Å². The molecule has 0 aliphatic heterocycles. The first kappa shape index (κ1) is 21.2. The summed E-state index contributed by atoms with van der Waals surface area (Å²) in [5, 5.41) is 11.5. The van der Waals surface area contributed by atoms with Gasteiger partial charge in [-0.3, -0.25) is 4.79 Å². The number of carbonyl (C=O) groups is 1. The van der Waals surface area contributed by atoms with Crippen LogP contribution in [0.25, 0.3) is 11.0 Å². The summed E-state index contributed by atoms with van der Waals surface area (Å²) in [4.78, 5) is 20.8. The van der Waals surface area contributed by atoms with E-state index in [-0.39, 0.29) is 11.7 Å². The lowest BCUT2D eigenvalue weighted by Gasteiger charge is -2.20. The highest BCUT2D eigenvalue weighted by atomic mass is 19.1. The number of anilines is 1. The van der Waals surface area contributed by atoms with Crippen molar-refractivity contribution in [2.24, 2.45) is 5.92 Å². The minimum atomic E-state index is -0.254. The molecule has 4 rings (SSSR count). The van der Waals surface area contributed by atoms with Gasteiger partial charge in [-0.05, 0) is 30.0 Å². The van der Waals surface area contributed by atoms with Crippen molar-refractivity contribution in [1.82, 2.24) is 25.1 Å². The minimum Gasteiger partial charge on any atom is -0.365 e. The van der Waals surface area contributed by atoms with Gasteiger partial charge >= 0.3 is 0 Å². The standard InChI is InChI=1S/C23H29FN6O/c24-19-9-6-18(7-10-19)14-26-22-20-15-29-30(23(20)28-16-27-22)13-12-25-21(31)11-8-17-4-2-1-3-5-17/h6-7,9-10,15-17H,1-5,8,11-14H2,(H,25,31)(H,26,27,28). The van der Waals surface area contributed by atoms with Gasteiger partial charge in [-0.15, -0.1) is 0 Å². The van der Waals surface area contributed by atoms with Crippen molar-refractivity contribution >= 4 is 22.8 Å². The van der Waals surface area contributed by atoms with Crippen LogP contribution in [0.2, 0.25) is 0 Å². The number of halogens is 1. The van der Waals surface area contributed by atoms with E-state index in [4.69, 9.17) is 0 Å². The van der Waals surface area contributed by atoms with E-state index in [0.29, 0.717) is 43.4 Å². The number of nitrogens with one attached hydrogen (secondary N) is 2. The zero-order valence-electron chi connectivity index (χ0n) is 17.7. The maximum absolute atomic E-state index is 13.1. The lowest BCUT2D eigenvalue weighted by atomic mass is 9.86. The first-order valence-corrected chi connectivity index (χ1v) is 11.1. The lowest BCUT2D eigenvalue weighted by Crippen LogP contribution is -2.28. The Morgan fingerprint density at radius 2 is 1.94 bits per heavy atom. The molecule has 8 heteroatoms. The highest BCUT2D eigenvalue weighted by molar-refractivity contribution is 5.86. The molecule has 1 aliphatic rings. The predicted molar refractivity (Wildman–Crippen MR) is 118 cm³/mol. The SMILES string of the molecule is O=C(CCC1CCCCC1)NCCn1ncc2c(NCc3ccc(F)cc3)ncnc21. The second kappa shape index (κ2) is 10.3. The van der Waals surface area contributed by atoms with Crippen molar-refractivity contribution in [3.63, 3.8) is 0 Å². The second-order valence-corrected chi connectivity index (χ2v) is 8.20. The number of nitrogens with zero attached hydrogens (tertiary/aromatic N) is 4. The maximum atomic E-state index is 13.1. The van der Waals surface area contributed by atoms with Gasteiger partial charge in [0.2, 0.25) is 5.91 Å². The van der Waals surface area contributed by atoms with E-state index >= 15 is 0 Å². The van der Waals surface area contributed by atoms with Crippen LogP contribution in [-0.4, -0.2) is 32.2 Å². The molecule has 0 unspecified atom stereocenters. The number of benzene rings is 1. The Labute approximate surface area is 181 Å². The van der Waals surface area contributed by atoms with Crippen LogP contribution in [-0.2, 0) is 17.9 Å². The van der Waals surface area contributed by atoms with Gasteiger partial charge in [0.1, 0.15) is 18.0 Å². The van der Waals surface area contributed by atoms with Crippen molar-refractivity contribution in [2.45, 2.75) is 58.0 Å². The third kappa shape index (κ3) is 5.77. The molecule has 31 heavy (non-hydrogen) atoms. The monoisotopic (exact) mass is 424 g/mol. The molecule has 2 aromatic heterocycles. The largest absolute Gasteiger partial charge is 0.365 e. The Morgan fingerprint density at radius 1 is 1.13 bits per heavy atom. The number of hydrogen-bond donors (Lipinski definition) is 2. The van der Waals surface area contributed by atoms with Crippen LogP contribution >= 0.6 is 0 Å². The van der Waals surface area contributed by atoms with Gasteiger partial charge in [-0.2, -0.15) is 5.10 Å². The van der Waals surface area contributed by atoms with Crippen molar-refractivity contribution < 1.29 is 9.18 Å². The third-order valence-corrected chi connectivity index (χ3v) is 5.96. The molecule has 164 valence electrons. The highest BCUT2D eigenvalue weighted by Gasteiger charge is 2.15. The Balaban J connectivity index is 1.28. The molecule has 3 aromatic rings. The van der Waals surface area contributed by atoms with Gasteiger partial charge in [0.05, 0.1) is 18.1 Å². The Kier molecular flexibility index (Phi) is 7.07. The third-order valence-electron chi connectivity index (χ3n) is 5.96. The number of aromatic nitrogens is 4. The molecule has 1 fully saturated rings. The zero-order valence-corrected chi connectivity index (χ0v) is 17.7. The maximum Gasteiger partial charge on any atom is 0.220 e. The van der Waals surface area contributed by atoms with Crippen molar-refractivity contribution in [3.05, 3.63) is 48.2 Å². The molecule has 0 spiro atoms. The fourth-order valence-electron chi connectivity index (χ4n) is 4.19. The van der Waals surface area contributed by atoms with Crippen LogP contribution in [0.3, 0.4) is 0 Å². The van der Waals surface area contributed by atoms with E-state index in [1.54, 1.807) is 23.0 Å². The normalized spacial score (nSPS) is 14.6. The van der Waals surface area contributed by atoms with Crippen LogP contribution in [0.15, 0.2) is 36.8 Å². The van der Waals surface area contributed by atoms with Crippen molar-refractivity contribution in [3.8, 4) is 0 Å². The summed E-state index contributed by atoms with van der Waals surface area (Å²) in [7, 11) is 0. The van der Waals surface area contributed by atoms with E-state index in [1.165, 1.54) is 50.6 Å². The zero-order chi connectivity index (χ0) is 21.5.